The lowest BCUT2D eigenvalue weighted by Gasteiger charge is -2.43. The summed E-state index contributed by atoms with van der Waals surface area (Å²) in [5.41, 5.74) is 1.54. The molecule has 1 aromatic heterocycles. The molecule has 0 aliphatic carbocycles. The zero-order valence-electron chi connectivity index (χ0n) is 12.1. The van der Waals surface area contributed by atoms with Gasteiger partial charge in [0, 0.05) is 37.4 Å². The Kier molecular flexibility index (Phi) is 3.95. The molecule has 102 valence electrons. The van der Waals surface area contributed by atoms with Crippen LogP contribution < -0.4 is 10.2 Å². The maximum atomic E-state index is 4.44. The molecule has 1 fully saturated rings. The molecule has 18 heavy (non-hydrogen) atoms. The zero-order chi connectivity index (χ0) is 13.2. The number of nitrogens with zero attached hydrogens (tertiary/aromatic N) is 3. The van der Waals surface area contributed by atoms with Gasteiger partial charge in [-0.15, -0.1) is 0 Å². The summed E-state index contributed by atoms with van der Waals surface area (Å²) in [5.74, 6) is 0. The van der Waals surface area contributed by atoms with E-state index >= 15 is 0 Å². The van der Waals surface area contributed by atoms with Crippen molar-refractivity contribution in [3.8, 4) is 0 Å². The fraction of sp³-hybridized carbons (Fsp3) is 0.786. The molecule has 1 N–H and O–H groups in total. The molecule has 1 aliphatic heterocycles. The third-order valence-electron chi connectivity index (χ3n) is 4.21. The molecule has 0 unspecified atom stereocenters. The molecule has 1 saturated heterocycles. The van der Waals surface area contributed by atoms with Crippen LogP contribution in [0.4, 0.5) is 5.69 Å². The first-order valence-electron chi connectivity index (χ1n) is 7.14. The smallest absolute Gasteiger partial charge is 0.0753 e. The highest BCUT2D eigenvalue weighted by Crippen LogP contribution is 2.24. The zero-order valence-corrected chi connectivity index (χ0v) is 12.1. The van der Waals surface area contributed by atoms with Gasteiger partial charge in [-0.2, -0.15) is 5.10 Å². The number of rotatable bonds is 4. The van der Waals surface area contributed by atoms with E-state index in [2.05, 4.69) is 49.2 Å². The lowest BCUT2D eigenvalue weighted by Crippen LogP contribution is -2.60. The number of hydrogen-bond acceptors (Lipinski definition) is 3. The van der Waals surface area contributed by atoms with Crippen LogP contribution in [0.25, 0.3) is 0 Å². The first-order chi connectivity index (χ1) is 8.60. The minimum Gasteiger partial charge on any atom is -0.366 e. The summed E-state index contributed by atoms with van der Waals surface area (Å²) in [6, 6.07) is 0.434. The van der Waals surface area contributed by atoms with E-state index in [1.807, 2.05) is 10.9 Å². The van der Waals surface area contributed by atoms with Gasteiger partial charge in [-0.3, -0.25) is 4.68 Å². The third-order valence-corrected chi connectivity index (χ3v) is 4.21. The molecule has 0 amide bonds. The number of hydrogen-bond donors (Lipinski definition) is 1. The van der Waals surface area contributed by atoms with E-state index in [1.54, 1.807) is 0 Å². The van der Waals surface area contributed by atoms with Gasteiger partial charge in [0.25, 0.3) is 0 Å². The SMILES string of the molecule is CCC1(CC)CN(c2cnn(C(C)C)c2)CCN1. The summed E-state index contributed by atoms with van der Waals surface area (Å²) >= 11 is 0. The summed E-state index contributed by atoms with van der Waals surface area (Å²) in [6.07, 6.45) is 6.53. The molecule has 1 aliphatic rings. The van der Waals surface area contributed by atoms with Gasteiger partial charge in [-0.05, 0) is 26.7 Å². The standard InChI is InChI=1S/C14H26N4/c1-5-14(6-2)11-17(8-7-15-14)13-9-16-18(10-13)12(3)4/h9-10,12,15H,5-8,11H2,1-4H3. The van der Waals surface area contributed by atoms with Gasteiger partial charge in [-0.1, -0.05) is 13.8 Å². The number of piperazine rings is 1. The molecule has 0 atom stereocenters. The van der Waals surface area contributed by atoms with Crippen molar-refractivity contribution in [3.63, 3.8) is 0 Å². The first kappa shape index (κ1) is 13.4. The minimum atomic E-state index is 0.276. The summed E-state index contributed by atoms with van der Waals surface area (Å²) in [4.78, 5) is 2.47. The fourth-order valence-corrected chi connectivity index (χ4v) is 2.67. The Morgan fingerprint density at radius 3 is 2.67 bits per heavy atom. The van der Waals surface area contributed by atoms with Gasteiger partial charge >= 0.3 is 0 Å². The quantitative estimate of drug-likeness (QED) is 0.891. The Bertz CT molecular complexity index is 379. The Labute approximate surface area is 110 Å². The van der Waals surface area contributed by atoms with Crippen molar-refractivity contribution in [1.29, 1.82) is 0 Å². The summed E-state index contributed by atoms with van der Waals surface area (Å²) in [6.45, 7) is 12.1. The van der Waals surface area contributed by atoms with Crippen LogP contribution in [0.3, 0.4) is 0 Å². The van der Waals surface area contributed by atoms with E-state index in [4.69, 9.17) is 0 Å². The van der Waals surface area contributed by atoms with Crippen LogP contribution in [0.1, 0.15) is 46.6 Å². The second-order valence-electron chi connectivity index (χ2n) is 5.61. The van der Waals surface area contributed by atoms with Crippen molar-refractivity contribution in [2.45, 2.75) is 52.1 Å². The van der Waals surface area contributed by atoms with Crippen LogP contribution in [0.5, 0.6) is 0 Å². The molecular weight excluding hydrogens is 224 g/mol. The monoisotopic (exact) mass is 250 g/mol. The van der Waals surface area contributed by atoms with Gasteiger partial charge in [0.1, 0.15) is 0 Å². The highest BCUT2D eigenvalue weighted by Gasteiger charge is 2.32. The van der Waals surface area contributed by atoms with E-state index < -0.39 is 0 Å². The average Bonchev–Trinajstić information content (AvgIpc) is 2.88. The molecule has 4 nitrogen and oxygen atoms in total. The molecular formula is C14H26N4. The number of aromatic nitrogens is 2. The van der Waals surface area contributed by atoms with Crippen LogP contribution in [-0.2, 0) is 0 Å². The number of anilines is 1. The second-order valence-corrected chi connectivity index (χ2v) is 5.61. The van der Waals surface area contributed by atoms with E-state index in [-0.39, 0.29) is 5.54 Å². The molecule has 0 bridgehead atoms. The van der Waals surface area contributed by atoms with Gasteiger partial charge in [0.05, 0.1) is 11.9 Å². The maximum absolute atomic E-state index is 4.44. The third kappa shape index (κ3) is 2.53. The topological polar surface area (TPSA) is 33.1 Å². The average molecular weight is 250 g/mol. The van der Waals surface area contributed by atoms with E-state index in [1.165, 1.54) is 18.5 Å². The van der Waals surface area contributed by atoms with Crippen LogP contribution in [0, 0.1) is 0 Å². The predicted octanol–water partition coefficient (Wildman–Crippen LogP) is 2.43. The van der Waals surface area contributed by atoms with Crippen LogP contribution in [-0.4, -0.2) is 35.0 Å². The number of nitrogens with one attached hydrogen (secondary N) is 1. The molecule has 1 aromatic rings. The van der Waals surface area contributed by atoms with Crippen molar-refractivity contribution in [3.05, 3.63) is 12.4 Å². The Balaban J connectivity index is 2.12. The molecule has 0 aromatic carbocycles. The molecule has 0 spiro atoms. The largest absolute Gasteiger partial charge is 0.366 e. The molecule has 0 saturated carbocycles. The van der Waals surface area contributed by atoms with E-state index in [9.17, 15) is 0 Å². The summed E-state index contributed by atoms with van der Waals surface area (Å²) < 4.78 is 2.04. The predicted molar refractivity (Wildman–Crippen MR) is 76.1 cm³/mol. The molecule has 2 rings (SSSR count). The molecule has 4 heteroatoms. The second kappa shape index (κ2) is 5.31. The molecule has 0 radical (unpaired) electrons. The van der Waals surface area contributed by atoms with Crippen LogP contribution in [0.2, 0.25) is 0 Å². The Morgan fingerprint density at radius 1 is 1.39 bits per heavy atom. The van der Waals surface area contributed by atoms with Crippen molar-refractivity contribution in [2.24, 2.45) is 0 Å². The highest BCUT2D eigenvalue weighted by atomic mass is 15.3. The minimum absolute atomic E-state index is 0.276. The fourth-order valence-electron chi connectivity index (χ4n) is 2.67. The van der Waals surface area contributed by atoms with Crippen molar-refractivity contribution >= 4 is 5.69 Å². The summed E-state index contributed by atoms with van der Waals surface area (Å²) in [7, 11) is 0. The lowest BCUT2D eigenvalue weighted by atomic mass is 9.90. The van der Waals surface area contributed by atoms with E-state index in [0.29, 0.717) is 6.04 Å². The molecule has 2 heterocycles. The highest BCUT2D eigenvalue weighted by molar-refractivity contribution is 5.44. The lowest BCUT2D eigenvalue weighted by molar-refractivity contribution is 0.277. The maximum Gasteiger partial charge on any atom is 0.0753 e. The van der Waals surface area contributed by atoms with Gasteiger partial charge in [0.2, 0.25) is 0 Å². The summed E-state index contributed by atoms with van der Waals surface area (Å²) in [5, 5.41) is 8.14. The van der Waals surface area contributed by atoms with Crippen molar-refractivity contribution in [2.75, 3.05) is 24.5 Å². The van der Waals surface area contributed by atoms with Crippen LogP contribution >= 0.6 is 0 Å². The van der Waals surface area contributed by atoms with Crippen LogP contribution in [0.15, 0.2) is 12.4 Å². The van der Waals surface area contributed by atoms with Crippen molar-refractivity contribution in [1.82, 2.24) is 15.1 Å². The normalized spacial score (nSPS) is 19.5. The van der Waals surface area contributed by atoms with Gasteiger partial charge < -0.3 is 10.2 Å². The van der Waals surface area contributed by atoms with Gasteiger partial charge in [0.15, 0.2) is 0 Å². The van der Waals surface area contributed by atoms with Gasteiger partial charge in [-0.25, -0.2) is 0 Å². The Hall–Kier alpha value is -1.03. The van der Waals surface area contributed by atoms with Crippen molar-refractivity contribution < 1.29 is 0 Å². The Morgan fingerprint density at radius 2 is 2.11 bits per heavy atom. The van der Waals surface area contributed by atoms with E-state index in [0.717, 1.165) is 19.6 Å². The first-order valence-corrected chi connectivity index (χ1v) is 7.14.